The lowest BCUT2D eigenvalue weighted by molar-refractivity contribution is 0.311. The molecule has 21 heavy (non-hydrogen) atoms. The molecular formula is C15H26N2O3S. The molecule has 0 saturated carbocycles. The summed E-state index contributed by atoms with van der Waals surface area (Å²) in [6, 6.07) is 9.77. The third-order valence-corrected chi connectivity index (χ3v) is 4.81. The van der Waals surface area contributed by atoms with Crippen molar-refractivity contribution in [2.45, 2.75) is 38.5 Å². The Bertz CT molecular complexity index is 489. The first-order valence-corrected chi connectivity index (χ1v) is 8.86. The topological polar surface area (TPSA) is 67.4 Å². The molecule has 1 rings (SSSR count). The molecule has 1 aromatic carbocycles. The molecule has 0 saturated heterocycles. The predicted octanol–water partition coefficient (Wildman–Crippen LogP) is 1.76. The van der Waals surface area contributed by atoms with Gasteiger partial charge in [0.05, 0.1) is 11.9 Å². The maximum Gasteiger partial charge on any atom is 0.215 e. The largest absolute Gasteiger partial charge is 0.494 e. The molecule has 0 aliphatic rings. The van der Waals surface area contributed by atoms with Gasteiger partial charge in [0.15, 0.2) is 0 Å². The highest BCUT2D eigenvalue weighted by molar-refractivity contribution is 7.90. The standard InChI is InChI=1S/C15H26N2O3S/c1-13(2)16-12-14(3)21(18,19)17-10-7-11-20-15-8-5-4-6-9-15/h4-6,8-9,13-14,16-17H,7,10-12H2,1-3H3. The van der Waals surface area contributed by atoms with Gasteiger partial charge in [-0.25, -0.2) is 13.1 Å². The van der Waals surface area contributed by atoms with Crippen molar-refractivity contribution in [2.75, 3.05) is 19.7 Å². The van der Waals surface area contributed by atoms with Crippen molar-refractivity contribution in [3.8, 4) is 5.75 Å². The van der Waals surface area contributed by atoms with Crippen LogP contribution in [0, 0.1) is 0 Å². The molecule has 0 fully saturated rings. The third-order valence-electron chi connectivity index (χ3n) is 2.98. The number of nitrogens with one attached hydrogen (secondary N) is 2. The molecule has 120 valence electrons. The van der Waals surface area contributed by atoms with E-state index in [2.05, 4.69) is 10.0 Å². The number of sulfonamides is 1. The Balaban J connectivity index is 2.21. The fraction of sp³-hybridized carbons (Fsp3) is 0.600. The van der Waals surface area contributed by atoms with E-state index in [1.54, 1.807) is 6.92 Å². The fourth-order valence-corrected chi connectivity index (χ4v) is 2.68. The van der Waals surface area contributed by atoms with Crippen LogP contribution in [0.1, 0.15) is 27.2 Å². The summed E-state index contributed by atoms with van der Waals surface area (Å²) in [7, 11) is -3.27. The van der Waals surface area contributed by atoms with Crippen LogP contribution in [0.25, 0.3) is 0 Å². The number of hydrogen-bond acceptors (Lipinski definition) is 4. The van der Waals surface area contributed by atoms with Gasteiger partial charge in [0.1, 0.15) is 5.75 Å². The average Bonchev–Trinajstić information content (AvgIpc) is 2.45. The third kappa shape index (κ3) is 7.45. The summed E-state index contributed by atoms with van der Waals surface area (Å²) in [5, 5.41) is 2.68. The molecule has 0 aliphatic heterocycles. The molecule has 1 unspecified atom stereocenters. The molecule has 6 heteroatoms. The van der Waals surface area contributed by atoms with E-state index < -0.39 is 15.3 Å². The highest BCUT2D eigenvalue weighted by Crippen LogP contribution is 2.08. The van der Waals surface area contributed by atoms with Gasteiger partial charge in [-0.2, -0.15) is 0 Å². The SMILES string of the molecule is CC(C)NCC(C)S(=O)(=O)NCCCOc1ccccc1. The molecule has 5 nitrogen and oxygen atoms in total. The molecule has 0 bridgehead atoms. The van der Waals surface area contributed by atoms with Gasteiger partial charge in [0, 0.05) is 19.1 Å². The molecule has 0 amide bonds. The molecule has 0 heterocycles. The van der Waals surface area contributed by atoms with Crippen LogP contribution in [-0.2, 0) is 10.0 Å². The minimum atomic E-state index is -3.27. The van der Waals surface area contributed by atoms with Crippen molar-refractivity contribution >= 4 is 10.0 Å². The van der Waals surface area contributed by atoms with Crippen molar-refractivity contribution in [2.24, 2.45) is 0 Å². The molecule has 0 spiro atoms. The van der Waals surface area contributed by atoms with Crippen molar-refractivity contribution in [3.05, 3.63) is 30.3 Å². The number of ether oxygens (including phenoxy) is 1. The summed E-state index contributed by atoms with van der Waals surface area (Å²) in [5.74, 6) is 0.801. The van der Waals surface area contributed by atoms with Crippen molar-refractivity contribution < 1.29 is 13.2 Å². The van der Waals surface area contributed by atoms with Gasteiger partial charge in [0.25, 0.3) is 0 Å². The Morgan fingerprint density at radius 1 is 1.14 bits per heavy atom. The number of rotatable bonds is 10. The van der Waals surface area contributed by atoms with Crippen LogP contribution in [0.15, 0.2) is 30.3 Å². The summed E-state index contributed by atoms with van der Waals surface area (Å²) >= 11 is 0. The van der Waals surface area contributed by atoms with Gasteiger partial charge in [-0.05, 0) is 25.5 Å². The van der Waals surface area contributed by atoms with Gasteiger partial charge < -0.3 is 10.1 Å². The van der Waals surface area contributed by atoms with E-state index in [1.165, 1.54) is 0 Å². The maximum atomic E-state index is 12.0. The number of benzene rings is 1. The van der Waals surface area contributed by atoms with E-state index in [0.29, 0.717) is 26.1 Å². The minimum absolute atomic E-state index is 0.280. The second-order valence-corrected chi connectivity index (χ2v) is 7.51. The first-order chi connectivity index (χ1) is 9.92. The zero-order valence-corrected chi connectivity index (χ0v) is 13.8. The van der Waals surface area contributed by atoms with E-state index in [-0.39, 0.29) is 6.04 Å². The minimum Gasteiger partial charge on any atom is -0.494 e. The second-order valence-electron chi connectivity index (χ2n) is 5.33. The Kier molecular flexibility index (Phi) is 7.71. The van der Waals surface area contributed by atoms with Crippen LogP contribution in [-0.4, -0.2) is 39.4 Å². The zero-order chi connectivity index (χ0) is 15.7. The van der Waals surface area contributed by atoms with Crippen LogP contribution in [0.3, 0.4) is 0 Å². The first kappa shape index (κ1) is 17.9. The summed E-state index contributed by atoms with van der Waals surface area (Å²) in [6.07, 6.45) is 0.637. The van der Waals surface area contributed by atoms with Crippen LogP contribution in [0.4, 0.5) is 0 Å². The molecule has 0 aliphatic carbocycles. The van der Waals surface area contributed by atoms with Crippen LogP contribution in [0.2, 0.25) is 0 Å². The predicted molar refractivity (Wildman–Crippen MR) is 86.1 cm³/mol. The van der Waals surface area contributed by atoms with Gasteiger partial charge in [-0.3, -0.25) is 0 Å². The van der Waals surface area contributed by atoms with Gasteiger partial charge in [0.2, 0.25) is 10.0 Å². The molecule has 1 atom stereocenters. The molecule has 0 aromatic heterocycles. The van der Waals surface area contributed by atoms with Crippen molar-refractivity contribution in [3.63, 3.8) is 0 Å². The van der Waals surface area contributed by atoms with E-state index in [4.69, 9.17) is 4.74 Å². The smallest absolute Gasteiger partial charge is 0.215 e. The van der Waals surface area contributed by atoms with E-state index >= 15 is 0 Å². The van der Waals surface area contributed by atoms with Crippen LogP contribution in [0.5, 0.6) is 5.75 Å². The van der Waals surface area contributed by atoms with E-state index in [9.17, 15) is 8.42 Å². The van der Waals surface area contributed by atoms with Crippen molar-refractivity contribution in [1.82, 2.24) is 10.0 Å². The van der Waals surface area contributed by atoms with Gasteiger partial charge in [-0.1, -0.05) is 32.0 Å². The Hall–Kier alpha value is -1.11. The molecule has 2 N–H and O–H groups in total. The average molecular weight is 314 g/mol. The number of para-hydroxylation sites is 1. The maximum absolute atomic E-state index is 12.0. The van der Waals surface area contributed by atoms with E-state index in [0.717, 1.165) is 5.75 Å². The summed E-state index contributed by atoms with van der Waals surface area (Å²) in [6.45, 7) is 7.03. The Morgan fingerprint density at radius 3 is 2.43 bits per heavy atom. The molecular weight excluding hydrogens is 288 g/mol. The lowest BCUT2D eigenvalue weighted by Crippen LogP contribution is -2.41. The Labute approximate surface area is 128 Å². The quantitative estimate of drug-likeness (QED) is 0.646. The highest BCUT2D eigenvalue weighted by atomic mass is 32.2. The van der Waals surface area contributed by atoms with Crippen molar-refractivity contribution in [1.29, 1.82) is 0 Å². The lowest BCUT2D eigenvalue weighted by Gasteiger charge is -2.16. The number of hydrogen-bond donors (Lipinski definition) is 2. The van der Waals surface area contributed by atoms with Crippen LogP contribution >= 0.6 is 0 Å². The normalized spacial score (nSPS) is 13.3. The fourth-order valence-electron chi connectivity index (χ4n) is 1.65. The van der Waals surface area contributed by atoms with Gasteiger partial charge >= 0.3 is 0 Å². The monoisotopic (exact) mass is 314 g/mol. The summed E-state index contributed by atoms with van der Waals surface area (Å²) in [5.41, 5.74) is 0. The van der Waals surface area contributed by atoms with Gasteiger partial charge in [-0.15, -0.1) is 0 Å². The highest BCUT2D eigenvalue weighted by Gasteiger charge is 2.19. The second kappa shape index (κ2) is 9.02. The molecule has 0 radical (unpaired) electrons. The Morgan fingerprint density at radius 2 is 1.81 bits per heavy atom. The van der Waals surface area contributed by atoms with Crippen LogP contribution < -0.4 is 14.8 Å². The summed E-state index contributed by atoms with van der Waals surface area (Å²) < 4.78 is 32.1. The van der Waals surface area contributed by atoms with E-state index in [1.807, 2.05) is 44.2 Å². The lowest BCUT2D eigenvalue weighted by atomic mass is 10.3. The molecule has 1 aromatic rings. The first-order valence-electron chi connectivity index (χ1n) is 7.31. The zero-order valence-electron chi connectivity index (χ0n) is 13.0. The summed E-state index contributed by atoms with van der Waals surface area (Å²) in [4.78, 5) is 0.